The summed E-state index contributed by atoms with van der Waals surface area (Å²) in [6.45, 7) is 1.26. The van der Waals surface area contributed by atoms with E-state index in [-0.39, 0.29) is 0 Å². The number of nitrogens with zero attached hydrogens (tertiary/aromatic N) is 5. The molecule has 0 amide bonds. The number of benzene rings is 2. The van der Waals surface area contributed by atoms with E-state index in [0.717, 1.165) is 11.3 Å². The van der Waals surface area contributed by atoms with Gasteiger partial charge in [-0.1, -0.05) is 23.3 Å². The third-order valence-corrected chi connectivity index (χ3v) is 5.22. The monoisotopic (exact) mass is 381 g/mol. The molecule has 8 nitrogen and oxygen atoms in total. The van der Waals surface area contributed by atoms with Gasteiger partial charge in [0.05, 0.1) is 25.5 Å². The van der Waals surface area contributed by atoms with E-state index in [1.165, 1.54) is 0 Å². The van der Waals surface area contributed by atoms with Gasteiger partial charge in [0, 0.05) is 19.2 Å². The van der Waals surface area contributed by atoms with Crippen molar-refractivity contribution in [1.29, 1.82) is 0 Å². The molecular formula is C20H23N5O3. The van der Waals surface area contributed by atoms with Gasteiger partial charge in [-0.25, -0.2) is 0 Å². The van der Waals surface area contributed by atoms with Crippen LogP contribution in [-0.4, -0.2) is 52.6 Å². The van der Waals surface area contributed by atoms with E-state index in [0.29, 0.717) is 43.4 Å². The number of ether oxygens (including phenoxy) is 2. The van der Waals surface area contributed by atoms with Gasteiger partial charge in [0.1, 0.15) is 11.5 Å². The Morgan fingerprint density at radius 3 is 2.21 bits per heavy atom. The molecule has 0 atom stereocenters. The highest BCUT2D eigenvalue weighted by Gasteiger charge is 2.36. The average molecular weight is 381 g/mol. The molecule has 0 saturated carbocycles. The van der Waals surface area contributed by atoms with Crippen LogP contribution >= 0.6 is 0 Å². The zero-order chi connectivity index (χ0) is 19.6. The van der Waals surface area contributed by atoms with Crippen molar-refractivity contribution in [2.24, 2.45) is 0 Å². The third-order valence-electron chi connectivity index (χ3n) is 5.22. The van der Waals surface area contributed by atoms with E-state index in [2.05, 4.69) is 20.4 Å². The Bertz CT molecular complexity index is 914. The lowest BCUT2D eigenvalue weighted by molar-refractivity contribution is 0.0111. The largest absolute Gasteiger partial charge is 0.497 e. The second kappa shape index (κ2) is 7.47. The van der Waals surface area contributed by atoms with Gasteiger partial charge in [0.15, 0.2) is 0 Å². The summed E-state index contributed by atoms with van der Waals surface area (Å²) in [6.07, 6.45) is 1.09. The molecule has 1 N–H and O–H groups in total. The Morgan fingerprint density at radius 1 is 0.964 bits per heavy atom. The van der Waals surface area contributed by atoms with Crippen molar-refractivity contribution >= 4 is 5.95 Å². The normalized spacial score (nSPS) is 16.0. The minimum atomic E-state index is -0.955. The molecule has 1 fully saturated rings. The number of hydrogen-bond acceptors (Lipinski definition) is 7. The summed E-state index contributed by atoms with van der Waals surface area (Å²) in [7, 11) is 3.21. The molecule has 3 aromatic rings. The van der Waals surface area contributed by atoms with E-state index in [1.54, 1.807) is 25.0 Å². The van der Waals surface area contributed by atoms with Gasteiger partial charge >= 0.3 is 0 Å². The fourth-order valence-corrected chi connectivity index (χ4v) is 3.56. The molecule has 2 heterocycles. The van der Waals surface area contributed by atoms with Crippen molar-refractivity contribution in [3.8, 4) is 17.2 Å². The van der Waals surface area contributed by atoms with Crippen LogP contribution in [0.3, 0.4) is 0 Å². The van der Waals surface area contributed by atoms with Gasteiger partial charge in [-0.15, -0.1) is 0 Å². The van der Waals surface area contributed by atoms with Gasteiger partial charge in [0.2, 0.25) is 5.95 Å². The summed E-state index contributed by atoms with van der Waals surface area (Å²) in [5, 5.41) is 23.4. The minimum absolute atomic E-state index is 0.547. The Morgan fingerprint density at radius 2 is 1.61 bits per heavy atom. The van der Waals surface area contributed by atoms with Crippen molar-refractivity contribution in [2.45, 2.75) is 18.4 Å². The molecule has 0 spiro atoms. The molecule has 8 heteroatoms. The summed E-state index contributed by atoms with van der Waals surface area (Å²) in [4.78, 5) is 2.10. The molecule has 1 aromatic heterocycles. The number of aromatic nitrogens is 4. The van der Waals surface area contributed by atoms with Crippen LogP contribution in [0.15, 0.2) is 48.5 Å². The highest BCUT2D eigenvalue weighted by Crippen LogP contribution is 2.37. The van der Waals surface area contributed by atoms with Crippen LogP contribution in [0, 0.1) is 0 Å². The second-order valence-electron chi connectivity index (χ2n) is 6.85. The van der Waals surface area contributed by atoms with E-state index in [9.17, 15) is 5.11 Å². The number of tetrazole rings is 1. The van der Waals surface area contributed by atoms with Crippen LogP contribution in [0.4, 0.5) is 5.95 Å². The van der Waals surface area contributed by atoms with Crippen molar-refractivity contribution in [3.05, 3.63) is 54.1 Å². The first-order valence-electron chi connectivity index (χ1n) is 9.18. The number of para-hydroxylation sites is 1. The van der Waals surface area contributed by atoms with E-state index in [4.69, 9.17) is 9.47 Å². The highest BCUT2D eigenvalue weighted by atomic mass is 16.5. The standard InChI is InChI=1S/C20H23N5O3/c1-27-17-12-15(13-18(14-17)28-2)20(26)8-10-24(11-9-20)19-21-22-23-25(19)16-6-4-3-5-7-16/h3-7,12-14,26H,8-11H2,1-2H3. The maximum atomic E-state index is 11.3. The number of rotatable bonds is 5. The van der Waals surface area contributed by atoms with Crippen molar-refractivity contribution in [3.63, 3.8) is 0 Å². The van der Waals surface area contributed by atoms with Crippen molar-refractivity contribution in [2.75, 3.05) is 32.2 Å². The molecule has 1 saturated heterocycles. The average Bonchev–Trinajstić information content (AvgIpc) is 3.24. The molecule has 1 aliphatic rings. The minimum Gasteiger partial charge on any atom is -0.497 e. The maximum absolute atomic E-state index is 11.3. The summed E-state index contributed by atoms with van der Waals surface area (Å²) < 4.78 is 12.4. The van der Waals surface area contributed by atoms with Gasteiger partial charge in [-0.2, -0.15) is 4.68 Å². The lowest BCUT2D eigenvalue weighted by Crippen LogP contribution is -2.43. The number of piperidine rings is 1. The third kappa shape index (κ3) is 3.38. The molecule has 4 rings (SSSR count). The molecular weight excluding hydrogens is 358 g/mol. The fourth-order valence-electron chi connectivity index (χ4n) is 3.56. The van der Waals surface area contributed by atoms with Gasteiger partial charge in [0.25, 0.3) is 0 Å². The first-order chi connectivity index (χ1) is 13.6. The maximum Gasteiger partial charge on any atom is 0.250 e. The first-order valence-corrected chi connectivity index (χ1v) is 9.18. The van der Waals surface area contributed by atoms with E-state index < -0.39 is 5.60 Å². The van der Waals surface area contributed by atoms with Crippen LogP contribution in [-0.2, 0) is 5.60 Å². The number of anilines is 1. The quantitative estimate of drug-likeness (QED) is 0.725. The number of methoxy groups -OCH3 is 2. The predicted molar refractivity (Wildman–Crippen MR) is 104 cm³/mol. The topological polar surface area (TPSA) is 85.5 Å². The molecule has 2 aromatic carbocycles. The van der Waals surface area contributed by atoms with E-state index in [1.807, 2.05) is 42.5 Å². The molecule has 0 bridgehead atoms. The predicted octanol–water partition coefficient (Wildman–Crippen LogP) is 2.17. The molecule has 1 aliphatic heterocycles. The summed E-state index contributed by atoms with van der Waals surface area (Å²) in [5.74, 6) is 2.01. The van der Waals surface area contributed by atoms with Crippen LogP contribution < -0.4 is 14.4 Å². The van der Waals surface area contributed by atoms with E-state index >= 15 is 0 Å². The smallest absolute Gasteiger partial charge is 0.250 e. The lowest BCUT2D eigenvalue weighted by atomic mass is 9.84. The van der Waals surface area contributed by atoms with Gasteiger partial charge in [-0.3, -0.25) is 0 Å². The molecule has 28 heavy (non-hydrogen) atoms. The Hall–Kier alpha value is -3.13. The van der Waals surface area contributed by atoms with Crippen LogP contribution in [0.1, 0.15) is 18.4 Å². The number of aliphatic hydroxyl groups is 1. The Labute approximate surface area is 163 Å². The summed E-state index contributed by atoms with van der Waals surface area (Å²) >= 11 is 0. The van der Waals surface area contributed by atoms with Gasteiger partial charge in [-0.05, 0) is 53.1 Å². The molecule has 0 unspecified atom stereocenters. The summed E-state index contributed by atoms with van der Waals surface area (Å²) in [6, 6.07) is 15.3. The lowest BCUT2D eigenvalue weighted by Gasteiger charge is -2.38. The highest BCUT2D eigenvalue weighted by molar-refractivity contribution is 5.44. The van der Waals surface area contributed by atoms with Crippen molar-refractivity contribution < 1.29 is 14.6 Å². The van der Waals surface area contributed by atoms with Gasteiger partial charge < -0.3 is 19.5 Å². The SMILES string of the molecule is COc1cc(OC)cc(C2(O)CCN(c3nnnn3-c3ccccc3)CC2)c1. The molecule has 146 valence electrons. The summed E-state index contributed by atoms with van der Waals surface area (Å²) in [5.41, 5.74) is 0.746. The zero-order valence-electron chi connectivity index (χ0n) is 15.9. The first kappa shape index (κ1) is 18.2. The van der Waals surface area contributed by atoms with Crippen LogP contribution in [0.25, 0.3) is 5.69 Å². The fraction of sp³-hybridized carbons (Fsp3) is 0.350. The van der Waals surface area contributed by atoms with Crippen LogP contribution in [0.2, 0.25) is 0 Å². The Balaban J connectivity index is 1.55. The zero-order valence-corrected chi connectivity index (χ0v) is 15.9. The molecule has 0 aliphatic carbocycles. The van der Waals surface area contributed by atoms with Crippen molar-refractivity contribution in [1.82, 2.24) is 20.2 Å². The Kier molecular flexibility index (Phi) is 4.87. The number of hydrogen-bond donors (Lipinski definition) is 1. The molecule has 0 radical (unpaired) electrons. The second-order valence-corrected chi connectivity index (χ2v) is 6.85. The van der Waals surface area contributed by atoms with Crippen LogP contribution in [0.5, 0.6) is 11.5 Å².